The van der Waals surface area contributed by atoms with Crippen molar-refractivity contribution >= 4 is 5.97 Å². The third-order valence-corrected chi connectivity index (χ3v) is 2.64. The quantitative estimate of drug-likeness (QED) is 0.774. The fourth-order valence-corrected chi connectivity index (χ4v) is 1.97. The van der Waals surface area contributed by atoms with Gasteiger partial charge in [-0.05, 0) is 18.4 Å². The van der Waals surface area contributed by atoms with E-state index in [0.717, 1.165) is 18.4 Å². The molecule has 0 fully saturated rings. The molecule has 1 aromatic rings. The van der Waals surface area contributed by atoms with Gasteiger partial charge >= 0.3 is 5.97 Å². The molecule has 1 aliphatic rings. The highest BCUT2D eigenvalue weighted by Gasteiger charge is 2.25. The number of allylic oxidation sites excluding steroid dienone is 1. The Balaban J connectivity index is 2.29. The van der Waals surface area contributed by atoms with Gasteiger partial charge < -0.3 is 5.11 Å². The first kappa shape index (κ1) is 9.00. The second kappa shape index (κ2) is 3.66. The molecule has 0 bridgehead atoms. The molecule has 2 rings (SSSR count). The molecular weight excluding hydrogens is 176 g/mol. The maximum Gasteiger partial charge on any atom is 0.331 e. The van der Waals surface area contributed by atoms with Gasteiger partial charge in [-0.15, -0.1) is 0 Å². The molecule has 0 aliphatic heterocycles. The summed E-state index contributed by atoms with van der Waals surface area (Å²) in [5, 5.41) is 8.98. The number of aliphatic carboxylic acids is 1. The zero-order valence-electron chi connectivity index (χ0n) is 7.81. The van der Waals surface area contributed by atoms with Gasteiger partial charge in [0.1, 0.15) is 0 Å². The van der Waals surface area contributed by atoms with Crippen LogP contribution < -0.4 is 0 Å². The highest BCUT2D eigenvalue weighted by atomic mass is 16.4. The first-order valence-electron chi connectivity index (χ1n) is 4.77. The van der Waals surface area contributed by atoms with Gasteiger partial charge in [-0.3, -0.25) is 0 Å². The molecule has 0 heterocycles. The summed E-state index contributed by atoms with van der Waals surface area (Å²) in [6.45, 7) is 0. The molecule has 0 amide bonds. The van der Waals surface area contributed by atoms with Crippen LogP contribution in [0.2, 0.25) is 0 Å². The summed E-state index contributed by atoms with van der Waals surface area (Å²) >= 11 is 0. The molecule has 1 aromatic carbocycles. The summed E-state index contributed by atoms with van der Waals surface area (Å²) in [4.78, 5) is 10.9. The average Bonchev–Trinajstić information content (AvgIpc) is 2.67. The van der Waals surface area contributed by atoms with E-state index in [-0.39, 0.29) is 5.92 Å². The van der Waals surface area contributed by atoms with Crippen molar-refractivity contribution < 1.29 is 9.90 Å². The summed E-state index contributed by atoms with van der Waals surface area (Å²) in [6.07, 6.45) is 3.63. The van der Waals surface area contributed by atoms with Gasteiger partial charge in [0.25, 0.3) is 0 Å². The average molecular weight is 188 g/mol. The van der Waals surface area contributed by atoms with Crippen molar-refractivity contribution in [3.8, 4) is 0 Å². The van der Waals surface area contributed by atoms with Gasteiger partial charge in [0, 0.05) is 11.5 Å². The first-order chi connectivity index (χ1) is 6.79. The Morgan fingerprint density at radius 3 is 2.64 bits per heavy atom. The van der Waals surface area contributed by atoms with Crippen LogP contribution in [0.5, 0.6) is 0 Å². The van der Waals surface area contributed by atoms with E-state index in [0.29, 0.717) is 5.57 Å². The number of carboxylic acids is 1. The van der Waals surface area contributed by atoms with Gasteiger partial charge in [0.05, 0.1) is 0 Å². The van der Waals surface area contributed by atoms with E-state index < -0.39 is 5.97 Å². The Morgan fingerprint density at radius 2 is 2.00 bits per heavy atom. The largest absolute Gasteiger partial charge is 0.478 e. The summed E-state index contributed by atoms with van der Waals surface area (Å²) in [6, 6.07) is 9.84. The molecule has 1 atom stereocenters. The van der Waals surface area contributed by atoms with Crippen molar-refractivity contribution in [2.75, 3.05) is 0 Å². The fraction of sp³-hybridized carbons (Fsp3) is 0.250. The number of carbonyl (C=O) groups is 1. The smallest absolute Gasteiger partial charge is 0.331 e. The Labute approximate surface area is 82.9 Å². The highest BCUT2D eigenvalue weighted by Crippen LogP contribution is 2.34. The lowest BCUT2D eigenvalue weighted by molar-refractivity contribution is -0.132. The Kier molecular flexibility index (Phi) is 2.35. The molecule has 0 aromatic heterocycles. The monoisotopic (exact) mass is 188 g/mol. The molecule has 2 nitrogen and oxygen atoms in total. The number of hydrogen-bond acceptors (Lipinski definition) is 1. The van der Waals surface area contributed by atoms with Crippen molar-refractivity contribution in [3.05, 3.63) is 47.5 Å². The van der Waals surface area contributed by atoms with Crippen LogP contribution in [-0.4, -0.2) is 11.1 Å². The second-order valence-corrected chi connectivity index (χ2v) is 3.51. The van der Waals surface area contributed by atoms with Crippen molar-refractivity contribution in [1.82, 2.24) is 0 Å². The summed E-state index contributed by atoms with van der Waals surface area (Å²) in [5.74, 6) is -0.690. The van der Waals surface area contributed by atoms with Gasteiger partial charge in [0.15, 0.2) is 0 Å². The third kappa shape index (κ3) is 1.55. The normalized spacial score (nSPS) is 20.6. The molecule has 0 spiro atoms. The second-order valence-electron chi connectivity index (χ2n) is 3.51. The van der Waals surface area contributed by atoms with E-state index >= 15 is 0 Å². The fourth-order valence-electron chi connectivity index (χ4n) is 1.97. The minimum atomic E-state index is -0.781. The summed E-state index contributed by atoms with van der Waals surface area (Å²) in [5.41, 5.74) is 1.66. The lowest BCUT2D eigenvalue weighted by atomic mass is 9.93. The molecule has 0 saturated carbocycles. The minimum Gasteiger partial charge on any atom is -0.478 e. The molecule has 1 aliphatic carbocycles. The first-order valence-corrected chi connectivity index (χ1v) is 4.77. The van der Waals surface area contributed by atoms with Gasteiger partial charge in [-0.25, -0.2) is 4.79 Å². The van der Waals surface area contributed by atoms with Crippen LogP contribution in [0.1, 0.15) is 24.3 Å². The van der Waals surface area contributed by atoms with Gasteiger partial charge in [-0.2, -0.15) is 0 Å². The zero-order chi connectivity index (χ0) is 9.97. The zero-order valence-corrected chi connectivity index (χ0v) is 7.81. The van der Waals surface area contributed by atoms with Gasteiger partial charge in [0.2, 0.25) is 0 Å². The molecule has 1 N–H and O–H groups in total. The van der Waals surface area contributed by atoms with Crippen molar-refractivity contribution in [3.63, 3.8) is 0 Å². The molecule has 0 radical (unpaired) electrons. The van der Waals surface area contributed by atoms with E-state index in [1.54, 1.807) is 0 Å². The lowest BCUT2D eigenvalue weighted by Gasteiger charge is -2.11. The molecule has 1 unspecified atom stereocenters. The molecule has 0 saturated heterocycles. The molecule has 14 heavy (non-hydrogen) atoms. The molecular formula is C12H12O2. The number of carboxylic acid groups (broad SMARTS) is 1. The maximum absolute atomic E-state index is 10.9. The van der Waals surface area contributed by atoms with Crippen molar-refractivity contribution in [2.24, 2.45) is 0 Å². The van der Waals surface area contributed by atoms with Crippen molar-refractivity contribution in [2.45, 2.75) is 18.8 Å². The Morgan fingerprint density at radius 1 is 1.29 bits per heavy atom. The minimum absolute atomic E-state index is 0.0914. The van der Waals surface area contributed by atoms with Crippen LogP contribution in [0.3, 0.4) is 0 Å². The summed E-state index contributed by atoms with van der Waals surface area (Å²) in [7, 11) is 0. The molecule has 72 valence electrons. The van der Waals surface area contributed by atoms with Crippen LogP contribution in [-0.2, 0) is 4.79 Å². The number of hydrogen-bond donors (Lipinski definition) is 1. The maximum atomic E-state index is 10.9. The number of rotatable bonds is 2. The predicted molar refractivity (Wildman–Crippen MR) is 54.1 cm³/mol. The Bertz CT molecular complexity index is 365. The SMILES string of the molecule is O=C(O)C1=CCCC1c1ccccc1. The summed E-state index contributed by atoms with van der Waals surface area (Å²) < 4.78 is 0. The third-order valence-electron chi connectivity index (χ3n) is 2.64. The standard InChI is InChI=1S/C12H12O2/c13-12(14)11-8-4-7-10(11)9-5-2-1-3-6-9/h1-3,5-6,8,10H,4,7H2,(H,13,14). The van der Waals surface area contributed by atoms with E-state index in [2.05, 4.69) is 0 Å². The number of benzene rings is 1. The lowest BCUT2D eigenvalue weighted by Crippen LogP contribution is -2.07. The van der Waals surface area contributed by atoms with Crippen LogP contribution in [0.4, 0.5) is 0 Å². The topological polar surface area (TPSA) is 37.3 Å². The van der Waals surface area contributed by atoms with E-state index in [1.807, 2.05) is 36.4 Å². The van der Waals surface area contributed by atoms with Crippen LogP contribution in [0.15, 0.2) is 42.0 Å². The van der Waals surface area contributed by atoms with Crippen LogP contribution >= 0.6 is 0 Å². The van der Waals surface area contributed by atoms with E-state index in [1.165, 1.54) is 0 Å². The molecule has 2 heteroatoms. The highest BCUT2D eigenvalue weighted by molar-refractivity contribution is 5.89. The van der Waals surface area contributed by atoms with Crippen LogP contribution in [0, 0.1) is 0 Å². The van der Waals surface area contributed by atoms with Gasteiger partial charge in [-0.1, -0.05) is 36.4 Å². The van der Waals surface area contributed by atoms with E-state index in [9.17, 15) is 4.79 Å². The Hall–Kier alpha value is -1.57. The van der Waals surface area contributed by atoms with Crippen molar-refractivity contribution in [1.29, 1.82) is 0 Å². The van der Waals surface area contributed by atoms with Crippen LogP contribution in [0.25, 0.3) is 0 Å². The predicted octanol–water partition coefficient (Wildman–Crippen LogP) is 2.58. The van der Waals surface area contributed by atoms with E-state index in [4.69, 9.17) is 5.11 Å².